The Bertz CT molecular complexity index is 910. The first kappa shape index (κ1) is 31.4. The Labute approximate surface area is 231 Å². The van der Waals surface area contributed by atoms with E-state index < -0.39 is 7.26 Å². The van der Waals surface area contributed by atoms with Crippen LogP contribution in [0.1, 0.15) is 40.5 Å². The van der Waals surface area contributed by atoms with E-state index in [2.05, 4.69) is 103 Å². The molecule has 0 aliphatic carbocycles. The number of hydrogen-bond donors (Lipinski definition) is 0. The van der Waals surface area contributed by atoms with Crippen LogP contribution in [0.4, 0.5) is 0 Å². The van der Waals surface area contributed by atoms with Crippen LogP contribution in [-0.2, 0) is 9.59 Å². The summed E-state index contributed by atoms with van der Waals surface area (Å²) < 4.78 is 0. The number of halogens is 2. The van der Waals surface area contributed by atoms with Crippen molar-refractivity contribution in [3.8, 4) is 0 Å². The van der Waals surface area contributed by atoms with Crippen molar-refractivity contribution in [1.29, 1.82) is 0 Å². The van der Waals surface area contributed by atoms with Crippen LogP contribution in [0.3, 0.4) is 0 Å². The molecular weight excluding hydrogens is 583 g/mol. The van der Waals surface area contributed by atoms with E-state index in [0.717, 1.165) is 0 Å². The lowest BCUT2D eigenvalue weighted by atomic mass is 10.1. The van der Waals surface area contributed by atoms with Crippen molar-refractivity contribution in [1.82, 2.24) is 0 Å². The summed E-state index contributed by atoms with van der Waals surface area (Å²) in [5.74, 6) is 1.52. The van der Waals surface area contributed by atoms with Gasteiger partial charge in [-0.05, 0) is 48.2 Å². The summed E-state index contributed by atoms with van der Waals surface area (Å²) >= 11 is 3.09. The van der Waals surface area contributed by atoms with Crippen LogP contribution in [0.5, 0.6) is 0 Å². The standard InChI is InChI=1S/C24H26OP.C6H11BrO.BrH/c1-20(2)18-21(25)19-26(22-12-6-3-7-13-22,23-14-8-4-9-15-23)24-16-10-5-11-17-24;1-5(2)3-6(8)4-7;/h3-17,20H,18-19H2,1-2H3;5H,3-4H2,1-2H3;1H/q+1;;/p-1. The minimum atomic E-state index is -2.02. The summed E-state index contributed by atoms with van der Waals surface area (Å²) in [6, 6.07) is 31.8. The number of Topliss-reactive ketones (excluding diaryl/α,β-unsaturated/α-hetero) is 2. The normalized spacial score (nSPS) is 10.8. The Hall–Kier alpha value is -1.61. The Morgan fingerprint density at radius 2 is 0.943 bits per heavy atom. The first-order chi connectivity index (χ1) is 16.3. The fraction of sp³-hybridized carbons (Fsp3) is 0.333. The second kappa shape index (κ2) is 16.2. The van der Waals surface area contributed by atoms with E-state index in [1.165, 1.54) is 15.9 Å². The number of carbonyl (C=O) groups is 2. The van der Waals surface area contributed by atoms with E-state index >= 15 is 0 Å². The van der Waals surface area contributed by atoms with Crippen LogP contribution in [0.15, 0.2) is 91.0 Å². The molecule has 0 spiro atoms. The fourth-order valence-electron chi connectivity index (χ4n) is 4.06. The SMILES string of the molecule is CC(C)CC(=O)CBr.CC(C)CC(=O)C[P+](c1ccccc1)(c1ccccc1)c1ccccc1.[Br-]. The molecule has 0 amide bonds. The quantitative estimate of drug-likeness (QED) is 0.257. The minimum Gasteiger partial charge on any atom is -1.00 e. The molecule has 0 fully saturated rings. The van der Waals surface area contributed by atoms with E-state index in [-0.39, 0.29) is 17.0 Å². The molecule has 35 heavy (non-hydrogen) atoms. The van der Waals surface area contributed by atoms with Crippen LogP contribution in [0, 0.1) is 11.8 Å². The Kier molecular flexibility index (Phi) is 14.5. The molecule has 0 bridgehead atoms. The summed E-state index contributed by atoms with van der Waals surface area (Å²) in [6.07, 6.45) is 1.92. The van der Waals surface area contributed by atoms with Gasteiger partial charge in [-0.1, -0.05) is 98.2 Å². The fourth-order valence-corrected chi connectivity index (χ4v) is 8.44. The van der Waals surface area contributed by atoms with E-state index in [1.807, 2.05) is 32.0 Å². The minimum absolute atomic E-state index is 0. The monoisotopic (exact) mass is 618 g/mol. The molecule has 0 atom stereocenters. The molecule has 0 aliphatic heterocycles. The number of hydrogen-bond acceptors (Lipinski definition) is 2. The molecule has 0 unspecified atom stereocenters. The number of carbonyl (C=O) groups excluding carboxylic acids is 2. The maximum absolute atomic E-state index is 13.0. The molecule has 0 saturated heterocycles. The highest BCUT2D eigenvalue weighted by Gasteiger charge is 2.46. The molecule has 0 radical (unpaired) electrons. The molecule has 0 saturated carbocycles. The van der Waals surface area contributed by atoms with Gasteiger partial charge in [-0.2, -0.15) is 0 Å². The van der Waals surface area contributed by atoms with Gasteiger partial charge >= 0.3 is 0 Å². The average Bonchev–Trinajstić information content (AvgIpc) is 2.83. The highest BCUT2D eigenvalue weighted by molar-refractivity contribution is 9.09. The van der Waals surface area contributed by atoms with Crippen molar-refractivity contribution in [2.45, 2.75) is 40.5 Å². The summed E-state index contributed by atoms with van der Waals surface area (Å²) in [7, 11) is -2.02. The molecule has 3 rings (SSSR count). The molecule has 3 aromatic rings. The van der Waals surface area contributed by atoms with Crippen molar-refractivity contribution < 1.29 is 26.6 Å². The molecule has 0 aliphatic rings. The number of rotatable bonds is 10. The van der Waals surface area contributed by atoms with Crippen molar-refractivity contribution in [2.75, 3.05) is 11.5 Å². The first-order valence-electron chi connectivity index (χ1n) is 11.9. The first-order valence-corrected chi connectivity index (χ1v) is 15.0. The van der Waals surface area contributed by atoms with Gasteiger partial charge in [-0.15, -0.1) is 0 Å². The van der Waals surface area contributed by atoms with Crippen molar-refractivity contribution in [3.63, 3.8) is 0 Å². The molecule has 0 heterocycles. The van der Waals surface area contributed by atoms with Gasteiger partial charge in [-0.3, -0.25) is 9.59 Å². The largest absolute Gasteiger partial charge is 1.00 e. The Morgan fingerprint density at radius 3 is 1.20 bits per heavy atom. The number of ketones is 2. The predicted molar refractivity (Wildman–Crippen MR) is 153 cm³/mol. The lowest BCUT2D eigenvalue weighted by Crippen LogP contribution is -3.00. The van der Waals surface area contributed by atoms with Gasteiger partial charge in [0, 0.05) is 12.8 Å². The third-order valence-corrected chi connectivity index (χ3v) is 10.4. The summed E-state index contributed by atoms with van der Waals surface area (Å²) in [5, 5.41) is 4.32. The lowest BCUT2D eigenvalue weighted by molar-refractivity contribution is -0.118. The number of benzene rings is 3. The van der Waals surface area contributed by atoms with Gasteiger partial charge in [0.15, 0.2) is 5.78 Å². The average molecular weight is 620 g/mol. The molecule has 0 N–H and O–H groups in total. The zero-order valence-corrected chi connectivity index (χ0v) is 25.2. The maximum Gasteiger partial charge on any atom is 0.171 e. The van der Waals surface area contributed by atoms with Crippen molar-refractivity contribution in [2.24, 2.45) is 11.8 Å². The highest BCUT2D eigenvalue weighted by Crippen LogP contribution is 2.55. The van der Waals surface area contributed by atoms with E-state index in [9.17, 15) is 9.59 Å². The van der Waals surface area contributed by atoms with Crippen molar-refractivity contribution in [3.05, 3.63) is 91.0 Å². The van der Waals surface area contributed by atoms with Gasteiger partial charge in [0.2, 0.25) is 0 Å². The molecule has 5 heteroatoms. The third-order valence-electron chi connectivity index (χ3n) is 5.43. The van der Waals surface area contributed by atoms with Gasteiger partial charge in [0.05, 0.1) is 5.33 Å². The molecule has 2 nitrogen and oxygen atoms in total. The van der Waals surface area contributed by atoms with Crippen LogP contribution in [0.25, 0.3) is 0 Å². The smallest absolute Gasteiger partial charge is 0.171 e. The highest BCUT2D eigenvalue weighted by atomic mass is 79.9. The zero-order chi connectivity index (χ0) is 25.0. The van der Waals surface area contributed by atoms with Gasteiger partial charge in [0.25, 0.3) is 0 Å². The Morgan fingerprint density at radius 1 is 0.629 bits per heavy atom. The predicted octanol–water partition coefficient (Wildman–Crippen LogP) is 3.60. The second-order valence-electron chi connectivity index (χ2n) is 9.38. The van der Waals surface area contributed by atoms with Gasteiger partial charge in [-0.25, -0.2) is 0 Å². The Balaban J connectivity index is 0.000000590. The summed E-state index contributed by atoms with van der Waals surface area (Å²) in [6.45, 7) is 8.32. The van der Waals surface area contributed by atoms with Crippen LogP contribution in [-0.4, -0.2) is 23.1 Å². The molecule has 188 valence electrons. The molecule has 3 aromatic carbocycles. The van der Waals surface area contributed by atoms with Gasteiger partial charge < -0.3 is 17.0 Å². The van der Waals surface area contributed by atoms with E-state index in [1.54, 1.807) is 0 Å². The lowest BCUT2D eigenvalue weighted by Gasteiger charge is -2.27. The molecule has 0 aromatic heterocycles. The van der Waals surface area contributed by atoms with E-state index in [4.69, 9.17) is 0 Å². The topological polar surface area (TPSA) is 34.1 Å². The molecular formula is C30H37Br2O2P. The summed E-state index contributed by atoms with van der Waals surface area (Å²) in [5.41, 5.74) is 0. The van der Waals surface area contributed by atoms with Crippen LogP contribution < -0.4 is 32.9 Å². The number of alkyl halides is 1. The van der Waals surface area contributed by atoms with Crippen LogP contribution in [0.2, 0.25) is 0 Å². The summed E-state index contributed by atoms with van der Waals surface area (Å²) in [4.78, 5) is 23.6. The van der Waals surface area contributed by atoms with Crippen LogP contribution >= 0.6 is 23.2 Å². The second-order valence-corrected chi connectivity index (χ2v) is 13.4. The third kappa shape index (κ3) is 9.75. The van der Waals surface area contributed by atoms with Crippen molar-refractivity contribution >= 4 is 50.7 Å². The van der Waals surface area contributed by atoms with E-state index in [0.29, 0.717) is 47.7 Å². The maximum atomic E-state index is 13.0. The zero-order valence-electron chi connectivity index (χ0n) is 21.2. The van der Waals surface area contributed by atoms with Gasteiger partial charge in [0.1, 0.15) is 35.1 Å².